The lowest BCUT2D eigenvalue weighted by Gasteiger charge is -2.08. The maximum atomic E-state index is 13.1. The first kappa shape index (κ1) is 11.2. The highest BCUT2D eigenvalue weighted by atomic mass is 19.2. The molecule has 0 aliphatic rings. The minimum Gasteiger partial charge on any atom is -0.504 e. The van der Waals surface area contributed by atoms with Gasteiger partial charge in [0.15, 0.2) is 17.3 Å². The zero-order chi connectivity index (χ0) is 11.7. The van der Waals surface area contributed by atoms with Crippen molar-refractivity contribution in [1.29, 1.82) is 0 Å². The van der Waals surface area contributed by atoms with Crippen molar-refractivity contribution < 1.29 is 28.9 Å². The van der Waals surface area contributed by atoms with Gasteiger partial charge in [-0.3, -0.25) is 4.79 Å². The summed E-state index contributed by atoms with van der Waals surface area (Å²) in [5.41, 5.74) is -0.953. The summed E-state index contributed by atoms with van der Waals surface area (Å²) in [4.78, 5) is 11.1. The Morgan fingerprint density at radius 1 is 1.07 bits per heavy atom. The van der Waals surface area contributed by atoms with Crippen LogP contribution >= 0.6 is 0 Å². The molecule has 0 aromatic heterocycles. The summed E-state index contributed by atoms with van der Waals surface area (Å²) >= 11 is 0. The summed E-state index contributed by atoms with van der Waals surface area (Å²) in [5.74, 6) is -8.13. The average Bonchev–Trinajstić information content (AvgIpc) is 2.23. The summed E-state index contributed by atoms with van der Waals surface area (Å²) < 4.78 is 26.0. The molecular formula is C9H8F2O4. The molecule has 15 heavy (non-hydrogen) atoms. The molecule has 0 heterocycles. The van der Waals surface area contributed by atoms with Gasteiger partial charge >= 0.3 is 0 Å². The van der Waals surface area contributed by atoms with Crippen LogP contribution < -0.4 is 0 Å². The number of hydrogen-bond acceptors (Lipinski definition) is 4. The van der Waals surface area contributed by atoms with E-state index in [0.717, 1.165) is 0 Å². The molecule has 0 aliphatic carbocycles. The van der Waals surface area contributed by atoms with E-state index < -0.39 is 40.2 Å². The molecule has 0 aliphatic heterocycles. The van der Waals surface area contributed by atoms with Crippen LogP contribution in [0.4, 0.5) is 8.78 Å². The van der Waals surface area contributed by atoms with Gasteiger partial charge in [0.25, 0.3) is 0 Å². The van der Waals surface area contributed by atoms with Gasteiger partial charge in [-0.05, 0) is 0 Å². The maximum Gasteiger partial charge on any atom is 0.205 e. The Balaban J connectivity index is 3.60. The Bertz CT molecular complexity index is 400. The molecule has 82 valence electrons. The second-order valence-electron chi connectivity index (χ2n) is 2.83. The fourth-order valence-corrected chi connectivity index (χ4v) is 1.08. The predicted octanol–water partition coefficient (Wildman–Crippen LogP) is 1.67. The Labute approximate surface area is 83.4 Å². The molecule has 0 unspecified atom stereocenters. The molecule has 0 amide bonds. The Hall–Kier alpha value is -1.85. The highest BCUT2D eigenvalue weighted by Crippen LogP contribution is 2.41. The number of phenols is 3. The number of carbonyl (C=O) groups is 1. The smallest absolute Gasteiger partial charge is 0.205 e. The van der Waals surface area contributed by atoms with Crippen molar-refractivity contribution >= 4 is 5.78 Å². The molecule has 0 saturated carbocycles. The van der Waals surface area contributed by atoms with Gasteiger partial charge in [-0.2, -0.15) is 4.39 Å². The molecule has 0 saturated heterocycles. The molecule has 6 heteroatoms. The average molecular weight is 218 g/mol. The fourth-order valence-electron chi connectivity index (χ4n) is 1.08. The van der Waals surface area contributed by atoms with Crippen molar-refractivity contribution in [2.24, 2.45) is 0 Å². The number of halogens is 2. The zero-order valence-corrected chi connectivity index (χ0v) is 7.71. The van der Waals surface area contributed by atoms with E-state index in [1.807, 2.05) is 0 Å². The number of carbonyl (C=O) groups excluding carboxylic acids is 1. The van der Waals surface area contributed by atoms with Crippen molar-refractivity contribution in [3.63, 3.8) is 0 Å². The molecule has 0 spiro atoms. The number of Topliss-reactive ketones (excluding diaryl/α,β-unsaturated/α-hetero) is 1. The summed E-state index contributed by atoms with van der Waals surface area (Å²) in [6.45, 7) is 1.38. The lowest BCUT2D eigenvalue weighted by atomic mass is 10.1. The molecule has 0 fully saturated rings. The van der Waals surface area contributed by atoms with Crippen LogP contribution in [-0.4, -0.2) is 21.1 Å². The van der Waals surface area contributed by atoms with E-state index in [9.17, 15) is 13.6 Å². The Morgan fingerprint density at radius 2 is 1.60 bits per heavy atom. The van der Waals surface area contributed by atoms with Crippen molar-refractivity contribution in [2.45, 2.75) is 13.3 Å². The minimum atomic E-state index is -1.76. The fraction of sp³-hybridized carbons (Fsp3) is 0.222. The van der Waals surface area contributed by atoms with Crippen LogP contribution in [0.1, 0.15) is 23.7 Å². The Morgan fingerprint density at radius 3 is 2.07 bits per heavy atom. The molecule has 0 atom stereocenters. The first-order valence-electron chi connectivity index (χ1n) is 4.06. The van der Waals surface area contributed by atoms with E-state index >= 15 is 0 Å². The van der Waals surface area contributed by atoms with Crippen LogP contribution in [0.15, 0.2) is 0 Å². The van der Waals surface area contributed by atoms with Gasteiger partial charge in [-0.25, -0.2) is 4.39 Å². The molecule has 1 aromatic carbocycles. The van der Waals surface area contributed by atoms with E-state index in [0.29, 0.717) is 0 Å². The van der Waals surface area contributed by atoms with Crippen LogP contribution in [0.3, 0.4) is 0 Å². The second-order valence-corrected chi connectivity index (χ2v) is 2.83. The number of hydrogen-bond donors (Lipinski definition) is 3. The third-order valence-electron chi connectivity index (χ3n) is 1.91. The summed E-state index contributed by atoms with van der Waals surface area (Å²) in [6, 6.07) is 0. The van der Waals surface area contributed by atoms with Gasteiger partial charge in [0.2, 0.25) is 17.3 Å². The second kappa shape index (κ2) is 3.72. The van der Waals surface area contributed by atoms with Crippen LogP contribution in [0.2, 0.25) is 0 Å². The SMILES string of the molecule is CCC(=O)c1c(O)c(O)c(O)c(F)c1F. The highest BCUT2D eigenvalue weighted by molar-refractivity contribution is 5.99. The first-order chi connectivity index (χ1) is 6.91. The first-order valence-corrected chi connectivity index (χ1v) is 4.06. The van der Waals surface area contributed by atoms with Crippen molar-refractivity contribution in [3.8, 4) is 17.2 Å². The van der Waals surface area contributed by atoms with Crippen LogP contribution in [0.25, 0.3) is 0 Å². The quantitative estimate of drug-likeness (QED) is 0.521. The standard InChI is InChI=1S/C9H8F2O4/c1-2-3(12)4-5(10)6(11)8(14)9(15)7(4)13/h13-15H,2H2,1H3. The molecule has 4 nitrogen and oxygen atoms in total. The number of ketones is 1. The molecule has 1 rings (SSSR count). The summed E-state index contributed by atoms with van der Waals surface area (Å²) in [6.07, 6.45) is -0.172. The van der Waals surface area contributed by atoms with Crippen LogP contribution in [0.5, 0.6) is 17.2 Å². The van der Waals surface area contributed by atoms with E-state index in [-0.39, 0.29) is 6.42 Å². The molecule has 0 radical (unpaired) electrons. The van der Waals surface area contributed by atoms with Crippen molar-refractivity contribution in [2.75, 3.05) is 0 Å². The molecular weight excluding hydrogens is 210 g/mol. The van der Waals surface area contributed by atoms with Crippen molar-refractivity contribution in [1.82, 2.24) is 0 Å². The van der Waals surface area contributed by atoms with Gasteiger partial charge in [0.1, 0.15) is 5.56 Å². The maximum absolute atomic E-state index is 13.1. The third-order valence-corrected chi connectivity index (χ3v) is 1.91. The lowest BCUT2D eigenvalue weighted by Crippen LogP contribution is -2.04. The van der Waals surface area contributed by atoms with Gasteiger partial charge in [-0.15, -0.1) is 0 Å². The topological polar surface area (TPSA) is 77.8 Å². The number of aromatic hydroxyl groups is 3. The number of phenolic OH excluding ortho intramolecular Hbond substituents is 3. The largest absolute Gasteiger partial charge is 0.504 e. The highest BCUT2D eigenvalue weighted by Gasteiger charge is 2.27. The van der Waals surface area contributed by atoms with E-state index in [1.54, 1.807) is 0 Å². The van der Waals surface area contributed by atoms with Crippen LogP contribution in [0, 0.1) is 11.6 Å². The number of benzene rings is 1. The summed E-state index contributed by atoms with van der Waals surface area (Å²) in [7, 11) is 0. The predicted molar refractivity (Wildman–Crippen MR) is 46.0 cm³/mol. The third kappa shape index (κ3) is 1.58. The monoisotopic (exact) mass is 218 g/mol. The molecule has 3 N–H and O–H groups in total. The van der Waals surface area contributed by atoms with E-state index in [4.69, 9.17) is 15.3 Å². The lowest BCUT2D eigenvalue weighted by molar-refractivity contribution is 0.0979. The Kier molecular flexibility index (Phi) is 2.78. The minimum absolute atomic E-state index is 0.172. The zero-order valence-electron chi connectivity index (χ0n) is 7.71. The molecule has 1 aromatic rings. The molecule has 0 bridgehead atoms. The van der Waals surface area contributed by atoms with Crippen LogP contribution in [-0.2, 0) is 0 Å². The van der Waals surface area contributed by atoms with Gasteiger partial charge in [0, 0.05) is 6.42 Å². The normalized spacial score (nSPS) is 10.3. The van der Waals surface area contributed by atoms with E-state index in [1.165, 1.54) is 6.92 Å². The summed E-state index contributed by atoms with van der Waals surface area (Å²) in [5, 5.41) is 26.9. The van der Waals surface area contributed by atoms with E-state index in [2.05, 4.69) is 0 Å². The van der Waals surface area contributed by atoms with Crippen molar-refractivity contribution in [3.05, 3.63) is 17.2 Å². The van der Waals surface area contributed by atoms with Gasteiger partial charge in [-0.1, -0.05) is 6.92 Å². The van der Waals surface area contributed by atoms with Gasteiger partial charge in [0.05, 0.1) is 0 Å². The number of rotatable bonds is 2. The van der Waals surface area contributed by atoms with Gasteiger partial charge < -0.3 is 15.3 Å².